The van der Waals surface area contributed by atoms with E-state index in [1.54, 1.807) is 16.9 Å². The fourth-order valence-corrected chi connectivity index (χ4v) is 3.61. The molecule has 0 aliphatic carbocycles. The fraction of sp³-hybridized carbons (Fsp3) is 0.130. The minimum Gasteiger partial charge on any atom is -0.495 e. The predicted molar refractivity (Wildman–Crippen MR) is 135 cm³/mol. The molecule has 10 heteroatoms. The summed E-state index contributed by atoms with van der Waals surface area (Å²) in [6.45, 7) is 0. The molecule has 8 nitrogen and oxygen atoms in total. The maximum atomic E-state index is 12.5. The Morgan fingerprint density at radius 1 is 1.03 bits per heavy atom. The average Bonchev–Trinajstić information content (AvgIpc) is 3.22. The van der Waals surface area contributed by atoms with Crippen molar-refractivity contribution in [2.75, 3.05) is 31.4 Å². The zero-order chi connectivity index (χ0) is 23.5. The van der Waals surface area contributed by atoms with E-state index in [1.165, 1.54) is 13.2 Å². The molecule has 1 amide bonds. The first kappa shape index (κ1) is 22.5. The highest BCUT2D eigenvalue weighted by Gasteiger charge is 2.12. The highest BCUT2D eigenvalue weighted by atomic mass is 35.5. The molecule has 3 aromatic carbocycles. The number of halogens is 1. The van der Waals surface area contributed by atoms with Gasteiger partial charge in [-0.25, -0.2) is 0 Å². The number of hydrogen-bond donors (Lipinski definition) is 2. The summed E-state index contributed by atoms with van der Waals surface area (Å²) in [6, 6.07) is 18.2. The van der Waals surface area contributed by atoms with Crippen LogP contribution in [-0.2, 0) is 0 Å². The molecule has 0 aliphatic heterocycles. The third-order valence-electron chi connectivity index (χ3n) is 4.88. The Labute approximate surface area is 201 Å². The zero-order valence-corrected chi connectivity index (χ0v) is 19.7. The third-order valence-corrected chi connectivity index (χ3v) is 5.38. The first-order chi connectivity index (χ1) is 15.8. The van der Waals surface area contributed by atoms with Gasteiger partial charge in [0, 0.05) is 31.0 Å². The van der Waals surface area contributed by atoms with Gasteiger partial charge < -0.3 is 15.0 Å². The number of nitrogens with zero attached hydrogens (tertiary/aromatic N) is 4. The van der Waals surface area contributed by atoms with Crippen molar-refractivity contribution >= 4 is 57.2 Å². The second-order valence-electron chi connectivity index (χ2n) is 7.36. The summed E-state index contributed by atoms with van der Waals surface area (Å²) in [7, 11) is 5.49. The normalized spacial score (nSPS) is 10.7. The van der Waals surface area contributed by atoms with Gasteiger partial charge in [-0.2, -0.15) is 4.80 Å². The molecule has 0 atom stereocenters. The van der Waals surface area contributed by atoms with Gasteiger partial charge in [0.25, 0.3) is 5.91 Å². The highest BCUT2D eigenvalue weighted by Crippen LogP contribution is 2.25. The van der Waals surface area contributed by atoms with Crippen molar-refractivity contribution in [2.24, 2.45) is 0 Å². The van der Waals surface area contributed by atoms with Crippen molar-refractivity contribution in [3.63, 3.8) is 0 Å². The predicted octanol–water partition coefficient (Wildman–Crippen LogP) is 4.28. The first-order valence-electron chi connectivity index (χ1n) is 9.95. The van der Waals surface area contributed by atoms with Crippen molar-refractivity contribution < 1.29 is 9.53 Å². The largest absolute Gasteiger partial charge is 0.495 e. The Hall–Kier alpha value is -3.69. The monoisotopic (exact) mass is 480 g/mol. The number of carbonyl (C=O) groups is 1. The molecule has 0 radical (unpaired) electrons. The van der Waals surface area contributed by atoms with Crippen LogP contribution >= 0.6 is 23.8 Å². The molecule has 4 aromatic rings. The molecule has 0 aliphatic rings. The van der Waals surface area contributed by atoms with Crippen molar-refractivity contribution in [3.8, 4) is 11.4 Å². The molecule has 0 bridgehead atoms. The van der Waals surface area contributed by atoms with Crippen LogP contribution < -0.4 is 20.3 Å². The lowest BCUT2D eigenvalue weighted by atomic mass is 10.2. The van der Waals surface area contributed by atoms with E-state index in [4.69, 9.17) is 28.6 Å². The molecule has 1 heterocycles. The van der Waals surface area contributed by atoms with E-state index >= 15 is 0 Å². The topological polar surface area (TPSA) is 84.3 Å². The van der Waals surface area contributed by atoms with Crippen LogP contribution in [-0.4, -0.2) is 47.2 Å². The van der Waals surface area contributed by atoms with Gasteiger partial charge in [0.05, 0.1) is 17.8 Å². The van der Waals surface area contributed by atoms with E-state index in [9.17, 15) is 4.79 Å². The molecule has 33 heavy (non-hydrogen) atoms. The number of benzene rings is 3. The summed E-state index contributed by atoms with van der Waals surface area (Å²) in [5, 5.41) is 15.2. The molecule has 0 spiro atoms. The van der Waals surface area contributed by atoms with E-state index in [-0.39, 0.29) is 11.0 Å². The fourth-order valence-electron chi connectivity index (χ4n) is 3.14. The quantitative estimate of drug-likeness (QED) is 0.412. The van der Waals surface area contributed by atoms with Crippen molar-refractivity contribution in [1.82, 2.24) is 20.3 Å². The maximum absolute atomic E-state index is 12.5. The summed E-state index contributed by atoms with van der Waals surface area (Å²) in [5.74, 6) is 0.106. The minimum atomic E-state index is -0.384. The third kappa shape index (κ3) is 5.05. The summed E-state index contributed by atoms with van der Waals surface area (Å²) in [6.07, 6.45) is 0. The number of ether oxygens (including phenoxy) is 1. The molecule has 1 aromatic heterocycles. The number of hydrogen-bond acceptors (Lipinski definition) is 6. The number of amides is 1. The number of thiocarbonyl (C=S) groups is 1. The van der Waals surface area contributed by atoms with Gasteiger partial charge in [0.15, 0.2) is 5.11 Å². The van der Waals surface area contributed by atoms with Crippen LogP contribution in [0.1, 0.15) is 10.4 Å². The number of anilines is 2. The van der Waals surface area contributed by atoms with Gasteiger partial charge >= 0.3 is 0 Å². The summed E-state index contributed by atoms with van der Waals surface area (Å²) < 4.78 is 5.10. The molecule has 0 saturated heterocycles. The lowest BCUT2D eigenvalue weighted by Gasteiger charge is -2.12. The number of nitrogens with one attached hydrogen (secondary N) is 2. The van der Waals surface area contributed by atoms with Crippen LogP contribution in [0.3, 0.4) is 0 Å². The van der Waals surface area contributed by atoms with Crippen molar-refractivity contribution in [1.29, 1.82) is 0 Å². The zero-order valence-electron chi connectivity index (χ0n) is 18.2. The standard InChI is InChI=1S/C23H21ClN6O2S/c1-29(2)16-6-8-17(9-7-16)30-27-19-10-5-15(13-20(19)28-30)25-23(33)26-22(31)14-4-11-21(32-3)18(24)12-14/h4-13H,1-3H3,(H2,25,26,31,33). The SMILES string of the molecule is COc1ccc(C(=O)NC(=S)Nc2ccc3nn(-c4ccc(N(C)C)cc4)nc3c2)cc1Cl. The van der Waals surface area contributed by atoms with Crippen LogP contribution in [0, 0.1) is 0 Å². The van der Waals surface area contributed by atoms with Crippen LogP contribution in [0.15, 0.2) is 60.7 Å². The maximum Gasteiger partial charge on any atom is 0.257 e. The summed E-state index contributed by atoms with van der Waals surface area (Å²) in [4.78, 5) is 16.1. The Morgan fingerprint density at radius 3 is 2.42 bits per heavy atom. The van der Waals surface area contributed by atoms with Crippen LogP contribution in [0.2, 0.25) is 5.02 Å². The van der Waals surface area contributed by atoms with E-state index in [0.29, 0.717) is 27.5 Å². The smallest absolute Gasteiger partial charge is 0.257 e. The minimum absolute atomic E-state index is 0.151. The summed E-state index contributed by atoms with van der Waals surface area (Å²) >= 11 is 11.4. The lowest BCUT2D eigenvalue weighted by Crippen LogP contribution is -2.34. The van der Waals surface area contributed by atoms with E-state index in [0.717, 1.165) is 16.9 Å². The second-order valence-corrected chi connectivity index (χ2v) is 8.18. The molecule has 0 unspecified atom stereocenters. The molecular formula is C23H21ClN6O2S. The molecular weight excluding hydrogens is 460 g/mol. The average molecular weight is 481 g/mol. The van der Waals surface area contributed by atoms with Crippen LogP contribution in [0.25, 0.3) is 16.7 Å². The summed E-state index contributed by atoms with van der Waals surface area (Å²) in [5.41, 5.74) is 4.41. The van der Waals surface area contributed by atoms with E-state index < -0.39 is 0 Å². The Balaban J connectivity index is 1.45. The van der Waals surface area contributed by atoms with Gasteiger partial charge in [-0.1, -0.05) is 11.6 Å². The number of rotatable bonds is 5. The molecule has 2 N–H and O–H groups in total. The van der Waals surface area contributed by atoms with Gasteiger partial charge in [-0.05, 0) is 72.9 Å². The van der Waals surface area contributed by atoms with Crippen molar-refractivity contribution in [2.45, 2.75) is 0 Å². The van der Waals surface area contributed by atoms with Gasteiger partial charge in [-0.3, -0.25) is 10.1 Å². The number of aromatic nitrogens is 3. The highest BCUT2D eigenvalue weighted by molar-refractivity contribution is 7.80. The Morgan fingerprint density at radius 2 is 1.76 bits per heavy atom. The number of fused-ring (bicyclic) bond motifs is 1. The van der Waals surface area contributed by atoms with Crippen LogP contribution in [0.4, 0.5) is 11.4 Å². The number of methoxy groups -OCH3 is 1. The molecule has 168 valence electrons. The van der Waals surface area contributed by atoms with Gasteiger partial charge in [0.2, 0.25) is 0 Å². The van der Waals surface area contributed by atoms with E-state index in [2.05, 4.69) is 20.8 Å². The Bertz CT molecular complexity index is 1340. The lowest BCUT2D eigenvalue weighted by molar-refractivity contribution is 0.0977. The first-order valence-corrected chi connectivity index (χ1v) is 10.7. The second kappa shape index (κ2) is 9.43. The van der Waals surface area contributed by atoms with Crippen LogP contribution in [0.5, 0.6) is 5.75 Å². The van der Waals surface area contributed by atoms with Gasteiger partial charge in [0.1, 0.15) is 16.8 Å². The Kier molecular flexibility index (Phi) is 6.43. The van der Waals surface area contributed by atoms with E-state index in [1.807, 2.05) is 61.5 Å². The number of carbonyl (C=O) groups excluding carboxylic acids is 1. The molecule has 4 rings (SSSR count). The molecule has 0 fully saturated rings. The molecule has 0 saturated carbocycles. The van der Waals surface area contributed by atoms with Gasteiger partial charge in [-0.15, -0.1) is 10.2 Å². The van der Waals surface area contributed by atoms with Crippen molar-refractivity contribution in [3.05, 3.63) is 71.2 Å².